The number of rotatable bonds is 10. The lowest BCUT2D eigenvalue weighted by Gasteiger charge is -2.56. The smallest absolute Gasteiger partial charge is 0.315 e. The highest BCUT2D eigenvalue weighted by Gasteiger charge is 2.51. The van der Waals surface area contributed by atoms with Crippen LogP contribution in [0.2, 0.25) is 0 Å². The van der Waals surface area contributed by atoms with Gasteiger partial charge in [0.15, 0.2) is 6.29 Å². The van der Waals surface area contributed by atoms with Gasteiger partial charge in [-0.1, -0.05) is 73.7 Å². The Bertz CT molecular complexity index is 1590. The zero-order valence-electron chi connectivity index (χ0n) is 29.3. The van der Waals surface area contributed by atoms with E-state index in [1.54, 1.807) is 0 Å². The number of nitrogens with zero attached hydrogens (tertiary/aromatic N) is 1. The third-order valence-electron chi connectivity index (χ3n) is 12.6. The molecule has 3 aromatic rings. The molecule has 5 atom stereocenters. The summed E-state index contributed by atoms with van der Waals surface area (Å²) in [4.78, 5) is 15.5. The molecule has 4 aliphatic carbocycles. The molecule has 4 bridgehead atoms. The Morgan fingerprint density at radius 3 is 2.24 bits per heavy atom. The van der Waals surface area contributed by atoms with E-state index in [-0.39, 0.29) is 49.0 Å². The van der Waals surface area contributed by atoms with Crippen LogP contribution in [0.15, 0.2) is 72.8 Å². The molecular formula is C42H53N3O5. The minimum absolute atomic E-state index is 0.00678. The molecule has 4 saturated carbocycles. The molecule has 6 fully saturated rings. The van der Waals surface area contributed by atoms with Gasteiger partial charge in [0, 0.05) is 36.2 Å². The monoisotopic (exact) mass is 679 g/mol. The molecule has 8 heteroatoms. The molecule has 0 radical (unpaired) electrons. The fraction of sp³-hybridized carbons (Fsp3) is 0.548. The number of hydrogen-bond acceptors (Lipinski definition) is 6. The predicted molar refractivity (Wildman–Crippen MR) is 193 cm³/mol. The fourth-order valence-electron chi connectivity index (χ4n) is 10.3. The van der Waals surface area contributed by atoms with E-state index in [2.05, 4.69) is 83.1 Å². The summed E-state index contributed by atoms with van der Waals surface area (Å²) in [6, 6.07) is 25.0. The number of urea groups is 1. The second kappa shape index (κ2) is 14.4. The van der Waals surface area contributed by atoms with Crippen LogP contribution in [0.1, 0.15) is 92.9 Å². The molecule has 2 amide bonds. The lowest BCUT2D eigenvalue weighted by molar-refractivity contribution is -0.276. The Morgan fingerprint density at radius 1 is 0.860 bits per heavy atom. The number of ether oxygens (including phenoxy) is 2. The molecule has 266 valence electrons. The largest absolute Gasteiger partial charge is 0.395 e. The number of benzene rings is 3. The van der Waals surface area contributed by atoms with E-state index in [4.69, 9.17) is 9.47 Å². The van der Waals surface area contributed by atoms with Gasteiger partial charge in [-0.3, -0.25) is 4.90 Å². The van der Waals surface area contributed by atoms with Gasteiger partial charge in [-0.2, -0.15) is 0 Å². The number of hydrogen-bond donors (Lipinski definition) is 4. The van der Waals surface area contributed by atoms with Crippen molar-refractivity contribution in [1.82, 2.24) is 15.5 Å². The number of likely N-dealkylation sites (tertiary alicyclic amines) is 1. The third kappa shape index (κ3) is 7.10. The molecule has 2 heterocycles. The first kappa shape index (κ1) is 33.9. The Morgan fingerprint density at radius 2 is 1.56 bits per heavy atom. The maximum atomic E-state index is 13.1. The Hall–Kier alpha value is -3.27. The van der Waals surface area contributed by atoms with E-state index in [1.165, 1.54) is 19.3 Å². The summed E-state index contributed by atoms with van der Waals surface area (Å²) in [6.07, 6.45) is 8.85. The van der Waals surface area contributed by atoms with Crippen molar-refractivity contribution >= 4 is 6.03 Å². The fourth-order valence-corrected chi connectivity index (χ4v) is 10.3. The van der Waals surface area contributed by atoms with Gasteiger partial charge in [0.05, 0.1) is 25.4 Å². The minimum atomic E-state index is -0.536. The molecule has 9 rings (SSSR count). The lowest BCUT2D eigenvalue weighted by atomic mass is 9.53. The van der Waals surface area contributed by atoms with Crippen molar-refractivity contribution in [2.24, 2.45) is 23.7 Å². The summed E-state index contributed by atoms with van der Waals surface area (Å²) in [5, 5.41) is 26.2. The molecule has 0 spiro atoms. The van der Waals surface area contributed by atoms with E-state index < -0.39 is 6.29 Å². The summed E-state index contributed by atoms with van der Waals surface area (Å²) in [5.74, 6) is 2.49. The van der Waals surface area contributed by atoms with Crippen LogP contribution >= 0.6 is 0 Å². The Kier molecular flexibility index (Phi) is 9.74. The van der Waals surface area contributed by atoms with Gasteiger partial charge in [-0.05, 0) is 110 Å². The van der Waals surface area contributed by atoms with Crippen LogP contribution < -0.4 is 10.6 Å². The molecule has 0 aromatic heterocycles. The van der Waals surface area contributed by atoms with Crippen LogP contribution in [0.5, 0.6) is 0 Å². The van der Waals surface area contributed by atoms with Crippen LogP contribution in [0, 0.1) is 23.7 Å². The number of aliphatic hydroxyl groups is 2. The number of aliphatic hydroxyl groups excluding tert-OH is 2. The van der Waals surface area contributed by atoms with Gasteiger partial charge < -0.3 is 30.3 Å². The van der Waals surface area contributed by atoms with E-state index in [9.17, 15) is 15.0 Å². The zero-order chi connectivity index (χ0) is 34.2. The van der Waals surface area contributed by atoms with E-state index in [1.807, 2.05) is 12.1 Å². The summed E-state index contributed by atoms with van der Waals surface area (Å²) in [5.41, 5.74) is 6.17. The second-order valence-electron chi connectivity index (χ2n) is 16.1. The quantitative estimate of drug-likeness (QED) is 0.187. The normalized spacial score (nSPS) is 33.4. The summed E-state index contributed by atoms with van der Waals surface area (Å²) in [7, 11) is 0. The van der Waals surface area contributed by atoms with Crippen molar-refractivity contribution in [2.75, 3.05) is 19.7 Å². The molecule has 8 nitrogen and oxygen atoms in total. The summed E-state index contributed by atoms with van der Waals surface area (Å²) >= 11 is 0. The zero-order valence-corrected chi connectivity index (χ0v) is 29.3. The molecule has 5 unspecified atom stereocenters. The first-order chi connectivity index (χ1) is 24.4. The van der Waals surface area contributed by atoms with Crippen LogP contribution in [-0.2, 0) is 22.6 Å². The molecule has 3 aromatic carbocycles. The number of carbonyl (C=O) groups is 1. The highest BCUT2D eigenvalue weighted by atomic mass is 16.7. The van der Waals surface area contributed by atoms with E-state index in [0.717, 1.165) is 96.3 Å². The van der Waals surface area contributed by atoms with Crippen LogP contribution in [-0.4, -0.2) is 58.5 Å². The van der Waals surface area contributed by atoms with Crippen LogP contribution in [0.4, 0.5) is 4.79 Å². The van der Waals surface area contributed by atoms with Crippen molar-refractivity contribution in [3.05, 3.63) is 95.1 Å². The highest BCUT2D eigenvalue weighted by molar-refractivity contribution is 5.75. The molecule has 2 saturated heterocycles. The van der Waals surface area contributed by atoms with Crippen molar-refractivity contribution < 1.29 is 24.5 Å². The van der Waals surface area contributed by atoms with Gasteiger partial charge >= 0.3 is 6.03 Å². The van der Waals surface area contributed by atoms with Gasteiger partial charge in [0.1, 0.15) is 0 Å². The van der Waals surface area contributed by atoms with Crippen molar-refractivity contribution in [1.29, 1.82) is 0 Å². The number of nitrogens with one attached hydrogen (secondary N) is 2. The minimum Gasteiger partial charge on any atom is -0.395 e. The van der Waals surface area contributed by atoms with Crippen LogP contribution in [0.3, 0.4) is 0 Å². The molecule has 50 heavy (non-hydrogen) atoms. The first-order valence-corrected chi connectivity index (χ1v) is 19.0. The lowest BCUT2D eigenvalue weighted by Crippen LogP contribution is -2.61. The topological polar surface area (TPSA) is 103 Å². The SMILES string of the molecule is CC1C(CN2CCCC2CO)OC(c2ccc(-c3cccc(CNC(=O)NC45CC6CC(CC(C6)C4)C5)c3)cc2)OC1c1ccc(CO)cc1. The van der Waals surface area contributed by atoms with E-state index >= 15 is 0 Å². The van der Waals surface area contributed by atoms with Gasteiger partial charge in [0.2, 0.25) is 0 Å². The van der Waals surface area contributed by atoms with Crippen molar-refractivity contribution in [2.45, 2.75) is 102 Å². The molecule has 6 aliphatic rings. The number of amides is 2. The Balaban J connectivity index is 0.939. The third-order valence-corrected chi connectivity index (χ3v) is 12.6. The maximum Gasteiger partial charge on any atom is 0.315 e. The highest BCUT2D eigenvalue weighted by Crippen LogP contribution is 2.55. The average molecular weight is 680 g/mol. The first-order valence-electron chi connectivity index (χ1n) is 19.0. The number of carbonyl (C=O) groups excluding carboxylic acids is 1. The molecular weight excluding hydrogens is 626 g/mol. The summed E-state index contributed by atoms with van der Waals surface area (Å²) in [6.45, 7) is 4.57. The summed E-state index contributed by atoms with van der Waals surface area (Å²) < 4.78 is 13.4. The molecule has 2 aliphatic heterocycles. The van der Waals surface area contributed by atoms with Crippen LogP contribution in [0.25, 0.3) is 11.1 Å². The molecule has 4 N–H and O–H groups in total. The van der Waals surface area contributed by atoms with Gasteiger partial charge in [-0.25, -0.2) is 4.79 Å². The van der Waals surface area contributed by atoms with Gasteiger partial charge in [0.25, 0.3) is 0 Å². The van der Waals surface area contributed by atoms with Gasteiger partial charge in [-0.15, -0.1) is 0 Å². The maximum absolute atomic E-state index is 13.1. The van der Waals surface area contributed by atoms with Crippen molar-refractivity contribution in [3.8, 4) is 11.1 Å². The second-order valence-corrected chi connectivity index (χ2v) is 16.1. The van der Waals surface area contributed by atoms with Crippen molar-refractivity contribution in [3.63, 3.8) is 0 Å². The average Bonchev–Trinajstić information content (AvgIpc) is 3.58. The van der Waals surface area contributed by atoms with E-state index in [0.29, 0.717) is 6.54 Å². The standard InChI is InChI=1S/C42H53N3O5/c1-27-38(24-45-15-3-6-37(45)26-47)49-40(50-39(27)34-9-7-28(25-46)8-10-34)35-13-11-33(12-14-35)36-5-2-4-29(19-36)23-43-41(48)44-42-20-30-16-31(21-42)18-32(17-30)22-42/h2,4-5,7-14,19,27,30-32,37-40,46-47H,3,6,15-18,20-26H2,1H3,(H2,43,44,48). The predicted octanol–water partition coefficient (Wildman–Crippen LogP) is 6.86. The Labute approximate surface area is 296 Å².